The van der Waals surface area contributed by atoms with Crippen molar-refractivity contribution in [3.63, 3.8) is 0 Å². The van der Waals surface area contributed by atoms with Crippen molar-refractivity contribution in [2.45, 2.75) is 25.3 Å². The second-order valence-electron chi connectivity index (χ2n) is 4.55. The van der Waals surface area contributed by atoms with Crippen molar-refractivity contribution < 1.29 is 14.6 Å². The Kier molecular flexibility index (Phi) is 3.43. The zero-order valence-electron chi connectivity index (χ0n) is 10.3. The minimum Gasteiger partial charge on any atom is -0.507 e. The summed E-state index contributed by atoms with van der Waals surface area (Å²) in [6.07, 6.45) is 3.39. The van der Waals surface area contributed by atoms with Crippen LogP contribution in [0.25, 0.3) is 0 Å². The molecule has 0 spiro atoms. The second kappa shape index (κ2) is 4.84. The normalized spacial score (nSPS) is 16.6. The van der Waals surface area contributed by atoms with E-state index >= 15 is 0 Å². The van der Waals surface area contributed by atoms with Gasteiger partial charge >= 0.3 is 0 Å². The first-order valence-corrected chi connectivity index (χ1v) is 5.86. The minimum atomic E-state index is -0.177. The Balaban J connectivity index is 2.29. The highest BCUT2D eigenvalue weighted by Crippen LogP contribution is 2.42. The van der Waals surface area contributed by atoms with Crippen LogP contribution in [-0.4, -0.2) is 19.3 Å². The monoisotopic (exact) mass is 237 g/mol. The molecule has 0 radical (unpaired) electrons. The van der Waals surface area contributed by atoms with Gasteiger partial charge in [0.2, 0.25) is 0 Å². The molecule has 0 aromatic heterocycles. The fraction of sp³-hybridized carbons (Fsp3) is 0.538. The van der Waals surface area contributed by atoms with E-state index in [0.717, 1.165) is 6.42 Å². The Labute approximate surface area is 101 Å². The number of hydrogen-bond acceptors (Lipinski definition) is 4. The molecule has 1 aliphatic carbocycles. The molecule has 4 heteroatoms. The SMILES string of the molecule is COc1cc(O)c([C@@H](N)CC2CC2)c(OC)c1. The third kappa shape index (κ3) is 2.64. The first kappa shape index (κ1) is 12.0. The molecule has 0 unspecified atom stereocenters. The second-order valence-corrected chi connectivity index (χ2v) is 4.55. The molecule has 94 valence electrons. The zero-order chi connectivity index (χ0) is 12.4. The highest BCUT2D eigenvalue weighted by atomic mass is 16.5. The number of phenolic OH excluding ortho intramolecular Hbond substituents is 1. The van der Waals surface area contributed by atoms with Crippen LogP contribution in [0.3, 0.4) is 0 Å². The number of aromatic hydroxyl groups is 1. The smallest absolute Gasteiger partial charge is 0.131 e. The summed E-state index contributed by atoms with van der Waals surface area (Å²) in [5.41, 5.74) is 6.80. The molecule has 17 heavy (non-hydrogen) atoms. The van der Waals surface area contributed by atoms with Gasteiger partial charge in [0.05, 0.1) is 19.8 Å². The fourth-order valence-electron chi connectivity index (χ4n) is 2.08. The number of rotatable bonds is 5. The first-order chi connectivity index (χ1) is 8.15. The third-order valence-corrected chi connectivity index (χ3v) is 3.20. The number of nitrogens with two attached hydrogens (primary N) is 1. The summed E-state index contributed by atoms with van der Waals surface area (Å²) in [4.78, 5) is 0. The lowest BCUT2D eigenvalue weighted by Gasteiger charge is -2.18. The van der Waals surface area contributed by atoms with Crippen molar-refractivity contribution in [3.8, 4) is 17.2 Å². The van der Waals surface area contributed by atoms with Crippen molar-refractivity contribution in [2.75, 3.05) is 14.2 Å². The molecular weight excluding hydrogens is 218 g/mol. The lowest BCUT2D eigenvalue weighted by atomic mass is 9.99. The molecule has 1 atom stereocenters. The topological polar surface area (TPSA) is 64.7 Å². The van der Waals surface area contributed by atoms with Crippen LogP contribution in [0, 0.1) is 5.92 Å². The van der Waals surface area contributed by atoms with E-state index in [1.54, 1.807) is 26.4 Å². The van der Waals surface area contributed by atoms with Gasteiger partial charge in [-0.3, -0.25) is 0 Å². The quantitative estimate of drug-likeness (QED) is 0.824. The van der Waals surface area contributed by atoms with Crippen molar-refractivity contribution in [1.29, 1.82) is 0 Å². The Morgan fingerprint density at radius 1 is 1.35 bits per heavy atom. The van der Waals surface area contributed by atoms with Crippen molar-refractivity contribution in [3.05, 3.63) is 17.7 Å². The summed E-state index contributed by atoms with van der Waals surface area (Å²) in [5.74, 6) is 2.02. The summed E-state index contributed by atoms with van der Waals surface area (Å²) in [7, 11) is 3.12. The van der Waals surface area contributed by atoms with Gasteiger partial charge in [0.1, 0.15) is 17.2 Å². The van der Waals surface area contributed by atoms with E-state index in [4.69, 9.17) is 15.2 Å². The van der Waals surface area contributed by atoms with E-state index in [2.05, 4.69) is 0 Å². The lowest BCUT2D eigenvalue weighted by Crippen LogP contribution is -2.12. The van der Waals surface area contributed by atoms with Gasteiger partial charge in [0.15, 0.2) is 0 Å². The van der Waals surface area contributed by atoms with Crippen LogP contribution in [0.2, 0.25) is 0 Å². The summed E-state index contributed by atoms with van der Waals surface area (Å²) >= 11 is 0. The predicted octanol–water partition coefficient (Wildman–Crippen LogP) is 2.21. The lowest BCUT2D eigenvalue weighted by molar-refractivity contribution is 0.372. The van der Waals surface area contributed by atoms with Gasteiger partial charge in [0, 0.05) is 18.2 Å². The summed E-state index contributed by atoms with van der Waals surface area (Å²) < 4.78 is 10.4. The molecule has 4 nitrogen and oxygen atoms in total. The molecule has 1 aliphatic rings. The van der Waals surface area contributed by atoms with Gasteiger partial charge in [0.25, 0.3) is 0 Å². The Bertz CT molecular complexity index is 402. The third-order valence-electron chi connectivity index (χ3n) is 3.20. The molecule has 1 fully saturated rings. The average molecular weight is 237 g/mol. The van der Waals surface area contributed by atoms with Crippen LogP contribution in [0.5, 0.6) is 17.2 Å². The maximum Gasteiger partial charge on any atom is 0.131 e. The molecule has 0 bridgehead atoms. The van der Waals surface area contributed by atoms with Gasteiger partial charge in [-0.15, -0.1) is 0 Å². The van der Waals surface area contributed by atoms with Crippen LogP contribution >= 0.6 is 0 Å². The Hall–Kier alpha value is -1.42. The summed E-state index contributed by atoms with van der Waals surface area (Å²) in [6, 6.07) is 3.15. The number of hydrogen-bond donors (Lipinski definition) is 2. The molecule has 1 aromatic rings. The molecule has 1 aromatic carbocycles. The molecule has 3 N–H and O–H groups in total. The van der Waals surface area contributed by atoms with Gasteiger partial charge in [-0.25, -0.2) is 0 Å². The molecule has 0 saturated heterocycles. The number of methoxy groups -OCH3 is 2. The van der Waals surface area contributed by atoms with Gasteiger partial charge < -0.3 is 20.3 Å². The largest absolute Gasteiger partial charge is 0.507 e. The van der Waals surface area contributed by atoms with Crippen molar-refractivity contribution in [2.24, 2.45) is 11.7 Å². The first-order valence-electron chi connectivity index (χ1n) is 5.86. The predicted molar refractivity (Wildman–Crippen MR) is 65.5 cm³/mol. The van der Waals surface area contributed by atoms with Gasteiger partial charge in [-0.05, 0) is 12.3 Å². The van der Waals surface area contributed by atoms with E-state index in [-0.39, 0.29) is 11.8 Å². The molecule has 1 saturated carbocycles. The van der Waals surface area contributed by atoms with E-state index < -0.39 is 0 Å². The maximum absolute atomic E-state index is 10.00. The highest BCUT2D eigenvalue weighted by Gasteiger charge is 2.27. The Morgan fingerprint density at radius 2 is 2.06 bits per heavy atom. The van der Waals surface area contributed by atoms with E-state index in [1.165, 1.54) is 12.8 Å². The van der Waals surface area contributed by atoms with E-state index in [9.17, 15) is 5.11 Å². The number of benzene rings is 1. The van der Waals surface area contributed by atoms with Crippen LogP contribution in [0.1, 0.15) is 30.9 Å². The number of phenols is 1. The average Bonchev–Trinajstić information content (AvgIpc) is 3.11. The fourth-order valence-corrected chi connectivity index (χ4v) is 2.08. The minimum absolute atomic E-state index is 0.148. The van der Waals surface area contributed by atoms with Crippen LogP contribution in [0.4, 0.5) is 0 Å². The number of ether oxygens (including phenoxy) is 2. The molecule has 0 amide bonds. The van der Waals surface area contributed by atoms with E-state index in [1.807, 2.05) is 0 Å². The van der Waals surface area contributed by atoms with Crippen LogP contribution < -0.4 is 15.2 Å². The van der Waals surface area contributed by atoms with Crippen molar-refractivity contribution >= 4 is 0 Å². The Morgan fingerprint density at radius 3 is 2.59 bits per heavy atom. The highest BCUT2D eigenvalue weighted by molar-refractivity contribution is 5.51. The molecule has 0 aliphatic heterocycles. The molecular formula is C13H19NO3. The van der Waals surface area contributed by atoms with Crippen LogP contribution in [-0.2, 0) is 0 Å². The maximum atomic E-state index is 10.00. The van der Waals surface area contributed by atoms with Gasteiger partial charge in [-0.1, -0.05) is 12.8 Å². The molecule has 0 heterocycles. The van der Waals surface area contributed by atoms with E-state index in [0.29, 0.717) is 23.0 Å². The zero-order valence-corrected chi connectivity index (χ0v) is 10.3. The summed E-state index contributed by atoms with van der Waals surface area (Å²) in [5, 5.41) is 10.00. The summed E-state index contributed by atoms with van der Waals surface area (Å²) in [6.45, 7) is 0. The van der Waals surface area contributed by atoms with Crippen LogP contribution in [0.15, 0.2) is 12.1 Å². The molecule has 2 rings (SSSR count). The van der Waals surface area contributed by atoms with Gasteiger partial charge in [-0.2, -0.15) is 0 Å². The standard InChI is InChI=1S/C13H19NO3/c1-16-9-6-11(15)13(12(7-9)17-2)10(14)5-8-3-4-8/h6-8,10,15H,3-5,14H2,1-2H3/t10-/m0/s1. The van der Waals surface area contributed by atoms with Crippen molar-refractivity contribution in [1.82, 2.24) is 0 Å².